The molecule has 0 aliphatic carbocycles. The zero-order valence-corrected chi connectivity index (χ0v) is 41.5. The minimum atomic E-state index is -4.78. The highest BCUT2D eigenvalue weighted by Gasteiger charge is 2.28. The Bertz CT molecular complexity index is 1250. The number of unbranched alkanes of at least 4 members (excludes halogenated alkanes) is 24. The second kappa shape index (κ2) is 44.1. The van der Waals surface area contributed by atoms with Crippen LogP contribution in [0.4, 0.5) is 0 Å². The molecule has 0 bridgehead atoms. The molecule has 5 unspecified atom stereocenters. The summed E-state index contributed by atoms with van der Waals surface area (Å²) >= 11 is 0. The van der Waals surface area contributed by atoms with Crippen molar-refractivity contribution in [2.45, 2.75) is 225 Å². The van der Waals surface area contributed by atoms with Crippen LogP contribution in [-0.2, 0) is 46.3 Å². The Morgan fingerprint density at radius 1 is 0.391 bits per heavy atom. The summed E-state index contributed by atoms with van der Waals surface area (Å²) in [7, 11) is -9.57. The lowest BCUT2D eigenvalue weighted by atomic mass is 10.1. The molecule has 0 heterocycles. The Hall–Kier alpha value is -1.48. The number of esters is 2. The van der Waals surface area contributed by atoms with Gasteiger partial charge in [-0.1, -0.05) is 154 Å². The third-order valence-corrected chi connectivity index (χ3v) is 12.3. The van der Waals surface area contributed by atoms with E-state index in [1.54, 1.807) is 0 Å². The van der Waals surface area contributed by atoms with Crippen molar-refractivity contribution in [2.24, 2.45) is 0 Å². The van der Waals surface area contributed by atoms with Crippen molar-refractivity contribution in [1.29, 1.82) is 0 Å². The fourth-order valence-electron chi connectivity index (χ4n) is 6.50. The maximum absolute atomic E-state index is 12.2. The van der Waals surface area contributed by atoms with E-state index < -0.39 is 85.5 Å². The summed E-state index contributed by atoms with van der Waals surface area (Å²) in [6.45, 7) is 0.416. The van der Waals surface area contributed by atoms with Crippen LogP contribution in [0.25, 0.3) is 0 Å². The van der Waals surface area contributed by atoms with Crippen molar-refractivity contribution in [3.05, 3.63) is 24.3 Å². The molecule has 0 saturated carbocycles. The third kappa shape index (κ3) is 45.7. The lowest BCUT2D eigenvalue weighted by Gasteiger charge is -2.19. The molecule has 0 aromatic carbocycles. The number of aliphatic hydroxyl groups excluding tert-OH is 3. The number of allylic oxidation sites excluding steroid dienone is 4. The Morgan fingerprint density at radius 3 is 0.922 bits per heavy atom. The van der Waals surface area contributed by atoms with E-state index in [0.717, 1.165) is 51.4 Å². The van der Waals surface area contributed by atoms with Gasteiger partial charge in [0.15, 0.2) is 0 Å². The fraction of sp³-hybridized carbons (Fsp3) is 0.872. The predicted octanol–water partition coefficient (Wildman–Crippen LogP) is 11.3. The Labute approximate surface area is 386 Å². The SMILES string of the molecule is CCCCCC/C=C\CCCCCCCCCC(=O)OCC(O)COP(=O)(O)OCC(O)COP(=O)(O)OCC(O)COC(=O)CCCCCCCCC/C=C/CCCCCCCC. The van der Waals surface area contributed by atoms with Gasteiger partial charge in [0.1, 0.15) is 31.5 Å². The van der Waals surface area contributed by atoms with Crippen LogP contribution in [-0.4, -0.2) is 95.0 Å². The van der Waals surface area contributed by atoms with Gasteiger partial charge < -0.3 is 34.6 Å². The highest BCUT2D eigenvalue weighted by atomic mass is 31.2. The van der Waals surface area contributed by atoms with E-state index in [-0.39, 0.29) is 12.8 Å². The Balaban J connectivity index is 3.87. The van der Waals surface area contributed by atoms with Crippen molar-refractivity contribution in [3.8, 4) is 0 Å². The Morgan fingerprint density at radius 2 is 0.625 bits per heavy atom. The number of hydrogen-bond acceptors (Lipinski definition) is 13. The van der Waals surface area contributed by atoms with Crippen LogP contribution >= 0.6 is 15.6 Å². The number of ether oxygens (including phenoxy) is 2. The van der Waals surface area contributed by atoms with Crippen LogP contribution in [0.2, 0.25) is 0 Å². The smallest absolute Gasteiger partial charge is 0.463 e. The first kappa shape index (κ1) is 62.5. The lowest BCUT2D eigenvalue weighted by molar-refractivity contribution is -0.148. The van der Waals surface area contributed by atoms with E-state index >= 15 is 0 Å². The highest BCUT2D eigenvalue weighted by Crippen LogP contribution is 2.45. The largest absolute Gasteiger partial charge is 0.472 e. The summed E-state index contributed by atoms with van der Waals surface area (Å²) in [4.78, 5) is 43.8. The third-order valence-electron chi connectivity index (χ3n) is 10.4. The van der Waals surface area contributed by atoms with Gasteiger partial charge >= 0.3 is 27.6 Å². The molecule has 0 radical (unpaired) electrons. The first-order valence-electron chi connectivity index (χ1n) is 24.7. The number of hydrogen-bond donors (Lipinski definition) is 5. The molecule has 0 aliphatic rings. The average molecular weight is 957 g/mol. The standard InChI is InChI=1S/C47H90O15P2/c1-3-5-7-9-11-13-15-17-19-20-22-24-26-28-30-32-34-36-47(52)58-38-44(49)40-60-64(55,56)62-42-45(50)41-61-63(53,54)59-39-43(48)37-57-46(51)35-33-31-29-27-25-23-21-18-16-14-12-10-8-6-4-2/h14,16-17,19,43-45,48-50H,3-13,15,18,20-42H2,1-2H3,(H,53,54)(H,55,56)/b16-14-,19-17+. The number of rotatable bonds is 48. The first-order chi connectivity index (χ1) is 30.8. The number of carbonyl (C=O) groups is 2. The zero-order chi connectivity index (χ0) is 47.4. The van der Waals surface area contributed by atoms with Gasteiger partial charge in [-0.15, -0.1) is 0 Å². The minimum Gasteiger partial charge on any atom is -0.463 e. The van der Waals surface area contributed by atoms with Crippen molar-refractivity contribution >= 4 is 27.6 Å². The number of phosphoric acid groups is 2. The number of carbonyl (C=O) groups excluding carboxylic acids is 2. The predicted molar refractivity (Wildman–Crippen MR) is 252 cm³/mol. The average Bonchev–Trinajstić information content (AvgIpc) is 3.27. The molecule has 15 nitrogen and oxygen atoms in total. The van der Waals surface area contributed by atoms with Gasteiger partial charge in [-0.25, -0.2) is 9.13 Å². The number of phosphoric ester groups is 2. The Kier molecular flexibility index (Phi) is 43.0. The van der Waals surface area contributed by atoms with Gasteiger partial charge in [0.05, 0.1) is 26.4 Å². The molecule has 17 heteroatoms. The van der Waals surface area contributed by atoms with Gasteiger partial charge in [0, 0.05) is 12.8 Å². The molecule has 0 aromatic rings. The molecule has 0 rings (SSSR count). The first-order valence-corrected chi connectivity index (χ1v) is 27.7. The van der Waals surface area contributed by atoms with Gasteiger partial charge in [-0.05, 0) is 64.2 Å². The normalized spacial score (nSPS) is 15.3. The van der Waals surface area contributed by atoms with Crippen LogP contribution in [0.3, 0.4) is 0 Å². The molecule has 378 valence electrons. The molecular formula is C47H90O15P2. The van der Waals surface area contributed by atoms with E-state index in [1.807, 2.05) is 0 Å². The van der Waals surface area contributed by atoms with Gasteiger partial charge in [-0.2, -0.15) is 0 Å². The van der Waals surface area contributed by atoms with Gasteiger partial charge in [0.2, 0.25) is 0 Å². The summed E-state index contributed by atoms with van der Waals surface area (Å²) in [5.41, 5.74) is 0. The molecule has 0 saturated heterocycles. The van der Waals surface area contributed by atoms with E-state index in [1.165, 1.54) is 116 Å². The van der Waals surface area contributed by atoms with Crippen LogP contribution < -0.4 is 0 Å². The van der Waals surface area contributed by atoms with E-state index in [2.05, 4.69) is 56.2 Å². The topological polar surface area (TPSA) is 225 Å². The minimum absolute atomic E-state index is 0.193. The van der Waals surface area contributed by atoms with Crippen LogP contribution in [0, 0.1) is 0 Å². The van der Waals surface area contributed by atoms with Crippen molar-refractivity contribution < 1.29 is 71.4 Å². The van der Waals surface area contributed by atoms with E-state index in [9.17, 15) is 43.8 Å². The van der Waals surface area contributed by atoms with Gasteiger partial charge in [-0.3, -0.25) is 27.7 Å². The molecule has 0 aliphatic heterocycles. The van der Waals surface area contributed by atoms with Gasteiger partial charge in [0.25, 0.3) is 0 Å². The highest BCUT2D eigenvalue weighted by molar-refractivity contribution is 7.47. The quantitative estimate of drug-likeness (QED) is 0.0165. The molecule has 64 heavy (non-hydrogen) atoms. The fourth-order valence-corrected chi connectivity index (χ4v) is 8.09. The van der Waals surface area contributed by atoms with Crippen molar-refractivity contribution in [1.82, 2.24) is 0 Å². The maximum atomic E-state index is 12.2. The zero-order valence-electron chi connectivity index (χ0n) is 39.7. The molecule has 0 fully saturated rings. The monoisotopic (exact) mass is 957 g/mol. The summed E-state index contributed by atoms with van der Waals surface area (Å²) in [5.74, 6) is -0.999. The second-order valence-corrected chi connectivity index (χ2v) is 19.7. The second-order valence-electron chi connectivity index (χ2n) is 16.8. The van der Waals surface area contributed by atoms with E-state index in [0.29, 0.717) is 12.8 Å². The van der Waals surface area contributed by atoms with Crippen LogP contribution in [0.5, 0.6) is 0 Å². The maximum Gasteiger partial charge on any atom is 0.472 e. The molecule has 5 atom stereocenters. The molecule has 0 spiro atoms. The van der Waals surface area contributed by atoms with Crippen LogP contribution in [0.1, 0.15) is 206 Å². The summed E-state index contributed by atoms with van der Waals surface area (Å²) < 4.78 is 53.0. The molecular weight excluding hydrogens is 866 g/mol. The number of aliphatic hydroxyl groups is 3. The summed E-state index contributed by atoms with van der Waals surface area (Å²) in [6, 6.07) is 0. The van der Waals surface area contributed by atoms with E-state index in [4.69, 9.17) is 9.47 Å². The summed E-state index contributed by atoms with van der Waals surface area (Å²) in [5, 5.41) is 30.0. The summed E-state index contributed by atoms with van der Waals surface area (Å²) in [6.07, 6.45) is 37.3. The molecule has 0 amide bonds. The molecule has 0 aromatic heterocycles. The van der Waals surface area contributed by atoms with Crippen LogP contribution in [0.15, 0.2) is 24.3 Å². The van der Waals surface area contributed by atoms with Crippen molar-refractivity contribution in [3.63, 3.8) is 0 Å². The lowest BCUT2D eigenvalue weighted by Crippen LogP contribution is -2.25. The molecule has 5 N–H and O–H groups in total. The van der Waals surface area contributed by atoms with Crippen molar-refractivity contribution in [2.75, 3.05) is 39.6 Å².